The molecule has 0 radical (unpaired) electrons. The van der Waals surface area contributed by atoms with Gasteiger partial charge in [0.1, 0.15) is 0 Å². The summed E-state index contributed by atoms with van der Waals surface area (Å²) in [6.45, 7) is 2.91. The van der Waals surface area contributed by atoms with E-state index in [1.54, 1.807) is 4.57 Å². The number of thioether (sulfide) groups is 1. The zero-order chi connectivity index (χ0) is 13.8. The Morgan fingerprint density at radius 2 is 2.37 bits per heavy atom. The number of hydrogen-bond donors (Lipinski definition) is 2. The molecule has 1 aromatic heterocycles. The second-order valence-electron chi connectivity index (χ2n) is 3.95. The van der Waals surface area contributed by atoms with Crippen molar-refractivity contribution in [3.05, 3.63) is 45.3 Å². The molecule has 0 bridgehead atoms. The monoisotopic (exact) mass is 298 g/mol. The summed E-state index contributed by atoms with van der Waals surface area (Å²) in [6.07, 6.45) is 0. The molecule has 0 aliphatic rings. The number of halogens is 1. The Morgan fingerprint density at radius 3 is 3.00 bits per heavy atom. The van der Waals surface area contributed by atoms with Gasteiger partial charge in [-0.2, -0.15) is 0 Å². The van der Waals surface area contributed by atoms with E-state index in [9.17, 15) is 4.79 Å². The fraction of sp³-hybridized carbons (Fsp3) is 0.333. The van der Waals surface area contributed by atoms with Crippen LogP contribution in [0.1, 0.15) is 17.7 Å². The third-order valence-corrected chi connectivity index (χ3v) is 4.23. The Balaban J connectivity index is 2.26. The third-order valence-electron chi connectivity index (χ3n) is 2.72. The van der Waals surface area contributed by atoms with Crippen LogP contribution in [0, 0.1) is 0 Å². The number of nitrogens with one attached hydrogen (secondary N) is 1. The molecule has 0 fully saturated rings. The topological polar surface area (TPSA) is 76.7 Å². The van der Waals surface area contributed by atoms with Crippen molar-refractivity contribution in [1.29, 1.82) is 0 Å². The van der Waals surface area contributed by atoms with Crippen molar-refractivity contribution in [2.45, 2.75) is 23.9 Å². The Hall–Kier alpha value is -1.24. The summed E-state index contributed by atoms with van der Waals surface area (Å²) >= 11 is 7.44. The van der Waals surface area contributed by atoms with Crippen LogP contribution >= 0.6 is 23.4 Å². The molecule has 0 amide bonds. The van der Waals surface area contributed by atoms with Crippen molar-refractivity contribution >= 4 is 23.4 Å². The van der Waals surface area contributed by atoms with Crippen molar-refractivity contribution < 1.29 is 0 Å². The molecule has 2 rings (SSSR count). The fourth-order valence-electron chi connectivity index (χ4n) is 1.76. The van der Waals surface area contributed by atoms with Crippen LogP contribution in [0.25, 0.3) is 0 Å². The molecule has 102 valence electrons. The van der Waals surface area contributed by atoms with Crippen LogP contribution in [0.4, 0.5) is 0 Å². The van der Waals surface area contributed by atoms with Gasteiger partial charge >= 0.3 is 5.69 Å². The molecule has 7 heteroatoms. The summed E-state index contributed by atoms with van der Waals surface area (Å²) in [5.74, 6) is 0. The number of H-pyrrole nitrogens is 1. The highest BCUT2D eigenvalue weighted by atomic mass is 35.5. The quantitative estimate of drug-likeness (QED) is 0.828. The minimum Gasteiger partial charge on any atom is -0.329 e. The standard InChI is InChI=1S/C12H15ClN4OS/c1-2-17-11(18)15-16-12(17)19-10(7-14)8-4-3-5-9(13)6-8/h3-6,10H,2,7,14H2,1H3,(H,15,18). The molecular formula is C12H15ClN4OS. The summed E-state index contributed by atoms with van der Waals surface area (Å²) < 4.78 is 1.58. The zero-order valence-electron chi connectivity index (χ0n) is 10.5. The van der Waals surface area contributed by atoms with E-state index in [1.807, 2.05) is 31.2 Å². The molecule has 1 heterocycles. The number of hydrogen-bond acceptors (Lipinski definition) is 4. The van der Waals surface area contributed by atoms with E-state index in [2.05, 4.69) is 10.2 Å². The highest BCUT2D eigenvalue weighted by molar-refractivity contribution is 7.99. The van der Waals surface area contributed by atoms with Gasteiger partial charge in [-0.1, -0.05) is 35.5 Å². The summed E-state index contributed by atoms with van der Waals surface area (Å²) in [6, 6.07) is 7.56. The van der Waals surface area contributed by atoms with E-state index in [-0.39, 0.29) is 10.9 Å². The highest BCUT2D eigenvalue weighted by Gasteiger charge is 2.16. The number of rotatable bonds is 5. The first-order valence-corrected chi connectivity index (χ1v) is 7.18. The van der Waals surface area contributed by atoms with Gasteiger partial charge in [-0.15, -0.1) is 5.10 Å². The molecule has 5 nitrogen and oxygen atoms in total. The summed E-state index contributed by atoms with van der Waals surface area (Å²) in [5, 5.41) is 7.80. The molecule has 19 heavy (non-hydrogen) atoms. The lowest BCUT2D eigenvalue weighted by molar-refractivity contribution is 0.658. The number of nitrogens with two attached hydrogens (primary N) is 1. The maximum atomic E-state index is 11.5. The van der Waals surface area contributed by atoms with Gasteiger partial charge in [0, 0.05) is 23.4 Å². The van der Waals surface area contributed by atoms with Gasteiger partial charge < -0.3 is 5.73 Å². The molecule has 0 saturated carbocycles. The molecule has 2 aromatic rings. The largest absolute Gasteiger partial charge is 0.343 e. The first-order chi connectivity index (χ1) is 9.15. The third kappa shape index (κ3) is 3.20. The lowest BCUT2D eigenvalue weighted by Crippen LogP contribution is -2.17. The Kier molecular flexibility index (Phi) is 4.68. The molecular weight excluding hydrogens is 284 g/mol. The van der Waals surface area contributed by atoms with Gasteiger partial charge in [0.2, 0.25) is 0 Å². The van der Waals surface area contributed by atoms with Crippen LogP contribution in [-0.4, -0.2) is 21.3 Å². The molecule has 0 aliphatic carbocycles. The van der Waals surface area contributed by atoms with Crippen LogP contribution in [0.2, 0.25) is 5.02 Å². The van der Waals surface area contributed by atoms with E-state index in [1.165, 1.54) is 11.8 Å². The SMILES string of the molecule is CCn1c(SC(CN)c2cccc(Cl)c2)n[nH]c1=O. The van der Waals surface area contributed by atoms with Crippen molar-refractivity contribution in [1.82, 2.24) is 14.8 Å². The minimum absolute atomic E-state index is 0.0131. The second kappa shape index (κ2) is 6.27. The van der Waals surface area contributed by atoms with Gasteiger partial charge in [-0.05, 0) is 24.6 Å². The zero-order valence-corrected chi connectivity index (χ0v) is 12.0. The predicted molar refractivity (Wildman–Crippen MR) is 77.6 cm³/mol. The molecule has 3 N–H and O–H groups in total. The Labute approximate surface area is 120 Å². The van der Waals surface area contributed by atoms with Crippen LogP contribution in [0.3, 0.4) is 0 Å². The number of nitrogens with zero attached hydrogens (tertiary/aromatic N) is 2. The molecule has 1 atom stereocenters. The smallest absolute Gasteiger partial charge is 0.329 e. The average molecular weight is 299 g/mol. The van der Waals surface area contributed by atoms with Crippen LogP contribution in [0.5, 0.6) is 0 Å². The summed E-state index contributed by atoms with van der Waals surface area (Å²) in [7, 11) is 0. The lowest BCUT2D eigenvalue weighted by Gasteiger charge is -2.14. The van der Waals surface area contributed by atoms with Crippen LogP contribution in [-0.2, 0) is 6.54 Å². The maximum absolute atomic E-state index is 11.5. The van der Waals surface area contributed by atoms with E-state index in [0.717, 1.165) is 5.56 Å². The number of aromatic amines is 1. The number of aromatic nitrogens is 3. The van der Waals surface area contributed by atoms with E-state index in [0.29, 0.717) is 23.3 Å². The summed E-state index contributed by atoms with van der Waals surface area (Å²) in [4.78, 5) is 11.5. The van der Waals surface area contributed by atoms with Gasteiger partial charge in [-0.3, -0.25) is 4.57 Å². The maximum Gasteiger partial charge on any atom is 0.343 e. The van der Waals surface area contributed by atoms with Crippen molar-refractivity contribution in [2.24, 2.45) is 5.73 Å². The molecule has 0 aliphatic heterocycles. The van der Waals surface area contributed by atoms with Gasteiger partial charge in [0.05, 0.1) is 0 Å². The van der Waals surface area contributed by atoms with Crippen molar-refractivity contribution in [2.75, 3.05) is 6.54 Å². The fourth-order valence-corrected chi connectivity index (χ4v) is 3.03. The highest BCUT2D eigenvalue weighted by Crippen LogP contribution is 2.33. The molecule has 0 spiro atoms. The summed E-state index contributed by atoms with van der Waals surface area (Å²) in [5.41, 5.74) is 6.64. The molecule has 0 saturated heterocycles. The lowest BCUT2D eigenvalue weighted by atomic mass is 10.1. The van der Waals surface area contributed by atoms with Gasteiger partial charge in [0.15, 0.2) is 5.16 Å². The Morgan fingerprint density at radius 1 is 1.58 bits per heavy atom. The predicted octanol–water partition coefficient (Wildman–Crippen LogP) is 2.04. The molecule has 1 unspecified atom stereocenters. The van der Waals surface area contributed by atoms with Crippen LogP contribution in [0.15, 0.2) is 34.2 Å². The van der Waals surface area contributed by atoms with Crippen molar-refractivity contribution in [3.8, 4) is 0 Å². The normalized spacial score (nSPS) is 12.6. The molecule has 1 aromatic carbocycles. The first kappa shape index (κ1) is 14.2. The van der Waals surface area contributed by atoms with Gasteiger partial charge in [-0.25, -0.2) is 9.89 Å². The second-order valence-corrected chi connectivity index (χ2v) is 5.56. The van der Waals surface area contributed by atoms with E-state index in [4.69, 9.17) is 17.3 Å². The van der Waals surface area contributed by atoms with E-state index < -0.39 is 0 Å². The average Bonchev–Trinajstić information content (AvgIpc) is 2.76. The number of benzene rings is 1. The minimum atomic E-state index is -0.202. The van der Waals surface area contributed by atoms with Crippen LogP contribution < -0.4 is 11.4 Å². The van der Waals surface area contributed by atoms with Crippen molar-refractivity contribution in [3.63, 3.8) is 0 Å². The first-order valence-electron chi connectivity index (χ1n) is 5.93. The van der Waals surface area contributed by atoms with Gasteiger partial charge in [0.25, 0.3) is 0 Å². The van der Waals surface area contributed by atoms with E-state index >= 15 is 0 Å². The Bertz CT molecular complexity index is 610.